The summed E-state index contributed by atoms with van der Waals surface area (Å²) in [7, 11) is 0. The van der Waals surface area contributed by atoms with Gasteiger partial charge in [-0.3, -0.25) is 4.79 Å². The van der Waals surface area contributed by atoms with Crippen molar-refractivity contribution < 1.29 is 23.1 Å². The molecule has 0 aromatic heterocycles. The zero-order valence-electron chi connectivity index (χ0n) is 7.12. The number of amides is 1. The number of nitrogens with two attached hydrogens (primary N) is 2. The van der Waals surface area contributed by atoms with Gasteiger partial charge in [0, 0.05) is 12.5 Å². The standard InChI is InChI=1S/C6H11F3N2O2.ClH/c7-6(8,9)5(13)3(10)1-2-4(11)12;/h3,5,13H,1-2,10H2,(H2,11,12);1H/t3-,5-;/m1./s1. The van der Waals surface area contributed by atoms with Crippen molar-refractivity contribution in [1.29, 1.82) is 0 Å². The molecular formula is C6H12ClF3N2O2. The van der Waals surface area contributed by atoms with Gasteiger partial charge < -0.3 is 16.6 Å². The number of carbonyl (C=O) groups excluding carboxylic acids is 1. The fourth-order valence-corrected chi connectivity index (χ4v) is 0.710. The lowest BCUT2D eigenvalue weighted by molar-refractivity contribution is -0.210. The molecule has 86 valence electrons. The van der Waals surface area contributed by atoms with Crippen LogP contribution >= 0.6 is 12.4 Å². The summed E-state index contributed by atoms with van der Waals surface area (Å²) in [6, 6.07) is -1.51. The van der Waals surface area contributed by atoms with Gasteiger partial charge in [-0.25, -0.2) is 0 Å². The second-order valence-electron chi connectivity index (χ2n) is 2.66. The van der Waals surface area contributed by atoms with Crippen LogP contribution in [0.5, 0.6) is 0 Å². The average Bonchev–Trinajstić information content (AvgIpc) is 1.96. The van der Waals surface area contributed by atoms with Crippen LogP contribution in [0.4, 0.5) is 13.2 Å². The van der Waals surface area contributed by atoms with E-state index >= 15 is 0 Å². The number of hydrogen-bond donors (Lipinski definition) is 3. The molecule has 14 heavy (non-hydrogen) atoms. The number of rotatable bonds is 4. The molecule has 2 atom stereocenters. The molecule has 0 heterocycles. The Bertz CT molecular complexity index is 188. The van der Waals surface area contributed by atoms with Gasteiger partial charge in [0.1, 0.15) is 0 Å². The number of carbonyl (C=O) groups is 1. The maximum atomic E-state index is 11.8. The monoisotopic (exact) mass is 236 g/mol. The van der Waals surface area contributed by atoms with Crippen molar-refractivity contribution in [3.63, 3.8) is 0 Å². The lowest BCUT2D eigenvalue weighted by Crippen LogP contribution is -2.45. The van der Waals surface area contributed by atoms with E-state index in [9.17, 15) is 18.0 Å². The van der Waals surface area contributed by atoms with Gasteiger partial charge in [-0.2, -0.15) is 13.2 Å². The van der Waals surface area contributed by atoms with Crippen LogP contribution in [0.3, 0.4) is 0 Å². The van der Waals surface area contributed by atoms with Gasteiger partial charge in [0.15, 0.2) is 6.10 Å². The molecule has 0 saturated heterocycles. The topological polar surface area (TPSA) is 89.3 Å². The van der Waals surface area contributed by atoms with Crippen LogP contribution in [0.15, 0.2) is 0 Å². The van der Waals surface area contributed by atoms with Crippen molar-refractivity contribution >= 4 is 18.3 Å². The van der Waals surface area contributed by atoms with Crippen LogP contribution in [-0.4, -0.2) is 29.3 Å². The fourth-order valence-electron chi connectivity index (χ4n) is 0.710. The summed E-state index contributed by atoms with van der Waals surface area (Å²) in [5, 5.41) is 8.56. The quantitative estimate of drug-likeness (QED) is 0.638. The van der Waals surface area contributed by atoms with E-state index in [0.29, 0.717) is 0 Å². The van der Waals surface area contributed by atoms with Gasteiger partial charge in [0.2, 0.25) is 5.91 Å². The Morgan fingerprint density at radius 2 is 1.86 bits per heavy atom. The zero-order chi connectivity index (χ0) is 10.6. The largest absolute Gasteiger partial charge is 0.415 e. The first kappa shape index (κ1) is 15.9. The molecule has 0 radical (unpaired) electrons. The summed E-state index contributed by atoms with van der Waals surface area (Å²) in [5.41, 5.74) is 9.67. The van der Waals surface area contributed by atoms with E-state index in [1.807, 2.05) is 0 Å². The van der Waals surface area contributed by atoms with Gasteiger partial charge >= 0.3 is 6.18 Å². The zero-order valence-corrected chi connectivity index (χ0v) is 7.94. The Labute approximate surface area is 84.8 Å². The summed E-state index contributed by atoms with van der Waals surface area (Å²) in [6.45, 7) is 0. The molecule has 0 aliphatic carbocycles. The highest BCUT2D eigenvalue weighted by Gasteiger charge is 2.41. The molecule has 0 aliphatic rings. The molecule has 0 bridgehead atoms. The van der Waals surface area contributed by atoms with Crippen molar-refractivity contribution in [1.82, 2.24) is 0 Å². The summed E-state index contributed by atoms with van der Waals surface area (Å²) < 4.78 is 35.3. The van der Waals surface area contributed by atoms with Crippen molar-refractivity contribution in [3.05, 3.63) is 0 Å². The maximum absolute atomic E-state index is 11.8. The summed E-state index contributed by atoms with van der Waals surface area (Å²) in [5.74, 6) is -0.746. The summed E-state index contributed by atoms with van der Waals surface area (Å²) in [4.78, 5) is 10.2. The normalized spacial score (nSPS) is 15.5. The van der Waals surface area contributed by atoms with Gasteiger partial charge in [-0.15, -0.1) is 12.4 Å². The van der Waals surface area contributed by atoms with E-state index in [1.54, 1.807) is 0 Å². The first-order chi connectivity index (χ1) is 5.75. The molecule has 1 amide bonds. The predicted octanol–water partition coefficient (Wildman–Crippen LogP) is -0.0758. The van der Waals surface area contributed by atoms with E-state index < -0.39 is 24.2 Å². The Kier molecular flexibility index (Phi) is 6.88. The van der Waals surface area contributed by atoms with E-state index in [-0.39, 0.29) is 25.2 Å². The molecule has 0 rings (SSSR count). The lowest BCUT2D eigenvalue weighted by Gasteiger charge is -2.20. The van der Waals surface area contributed by atoms with Crippen molar-refractivity contribution in [2.75, 3.05) is 0 Å². The van der Waals surface area contributed by atoms with Gasteiger partial charge in [0.25, 0.3) is 0 Å². The molecule has 0 aromatic rings. The van der Waals surface area contributed by atoms with E-state index in [4.69, 9.17) is 16.6 Å². The lowest BCUT2D eigenvalue weighted by atomic mass is 10.1. The molecule has 0 unspecified atom stereocenters. The highest BCUT2D eigenvalue weighted by atomic mass is 35.5. The number of hydrogen-bond acceptors (Lipinski definition) is 3. The van der Waals surface area contributed by atoms with Crippen LogP contribution in [0.1, 0.15) is 12.8 Å². The molecular weight excluding hydrogens is 225 g/mol. The Balaban J connectivity index is 0. The Hall–Kier alpha value is -0.530. The van der Waals surface area contributed by atoms with Crippen LogP contribution in [-0.2, 0) is 4.79 Å². The van der Waals surface area contributed by atoms with Crippen LogP contribution in [0.2, 0.25) is 0 Å². The number of aliphatic hydroxyl groups is 1. The second kappa shape index (κ2) is 6.05. The first-order valence-electron chi connectivity index (χ1n) is 3.54. The van der Waals surface area contributed by atoms with Gasteiger partial charge in [-0.05, 0) is 6.42 Å². The number of halogens is 4. The third kappa shape index (κ3) is 6.01. The predicted molar refractivity (Wildman–Crippen MR) is 45.7 cm³/mol. The van der Waals surface area contributed by atoms with Crippen molar-refractivity contribution in [2.24, 2.45) is 11.5 Å². The molecule has 5 N–H and O–H groups in total. The molecule has 8 heteroatoms. The second-order valence-corrected chi connectivity index (χ2v) is 2.66. The minimum Gasteiger partial charge on any atom is -0.382 e. The summed E-state index contributed by atoms with van der Waals surface area (Å²) >= 11 is 0. The minimum atomic E-state index is -4.75. The van der Waals surface area contributed by atoms with Crippen LogP contribution in [0.25, 0.3) is 0 Å². The molecule has 0 spiro atoms. The highest BCUT2D eigenvalue weighted by Crippen LogP contribution is 2.22. The SMILES string of the molecule is Cl.NC(=O)CC[C@@H](N)[C@@H](O)C(F)(F)F. The molecule has 4 nitrogen and oxygen atoms in total. The van der Waals surface area contributed by atoms with E-state index in [0.717, 1.165) is 0 Å². The molecule has 0 saturated carbocycles. The van der Waals surface area contributed by atoms with E-state index in [2.05, 4.69) is 0 Å². The average molecular weight is 237 g/mol. The molecule has 0 aromatic carbocycles. The smallest absolute Gasteiger partial charge is 0.382 e. The minimum absolute atomic E-state index is 0. The maximum Gasteiger partial charge on any atom is 0.415 e. The van der Waals surface area contributed by atoms with Gasteiger partial charge in [0.05, 0.1) is 0 Å². The van der Waals surface area contributed by atoms with Crippen LogP contribution in [0, 0.1) is 0 Å². The molecule has 0 aliphatic heterocycles. The fraction of sp³-hybridized carbons (Fsp3) is 0.833. The number of primary amides is 1. The number of aliphatic hydroxyl groups excluding tert-OH is 1. The third-order valence-electron chi connectivity index (χ3n) is 1.46. The first-order valence-corrected chi connectivity index (χ1v) is 3.54. The highest BCUT2D eigenvalue weighted by molar-refractivity contribution is 5.85. The Morgan fingerprint density at radius 1 is 1.43 bits per heavy atom. The molecule has 0 fully saturated rings. The third-order valence-corrected chi connectivity index (χ3v) is 1.46. The van der Waals surface area contributed by atoms with Crippen molar-refractivity contribution in [3.8, 4) is 0 Å². The summed E-state index contributed by atoms with van der Waals surface area (Å²) in [6.07, 6.45) is -7.91. The Morgan fingerprint density at radius 3 is 2.14 bits per heavy atom. The van der Waals surface area contributed by atoms with E-state index in [1.165, 1.54) is 0 Å². The van der Waals surface area contributed by atoms with Crippen molar-refractivity contribution in [2.45, 2.75) is 31.2 Å². The van der Waals surface area contributed by atoms with Gasteiger partial charge in [-0.1, -0.05) is 0 Å². The number of alkyl halides is 3. The van der Waals surface area contributed by atoms with Crippen LogP contribution < -0.4 is 11.5 Å².